The van der Waals surface area contributed by atoms with Crippen LogP contribution in [0.5, 0.6) is 17.2 Å². The van der Waals surface area contributed by atoms with E-state index in [0.717, 1.165) is 16.5 Å². The minimum atomic E-state index is -0.228. The number of pyridine rings is 1. The number of nitrogens with zero attached hydrogens (tertiary/aromatic N) is 1. The first-order chi connectivity index (χ1) is 15.1. The van der Waals surface area contributed by atoms with Crippen molar-refractivity contribution >= 4 is 22.5 Å². The van der Waals surface area contributed by atoms with E-state index in [4.69, 9.17) is 19.2 Å². The second-order valence-corrected chi connectivity index (χ2v) is 6.83. The van der Waals surface area contributed by atoms with Gasteiger partial charge in [0.2, 0.25) is 0 Å². The van der Waals surface area contributed by atoms with Gasteiger partial charge in [0.15, 0.2) is 11.5 Å². The number of para-hydroxylation sites is 1. The molecule has 3 aromatic carbocycles. The van der Waals surface area contributed by atoms with Gasteiger partial charge < -0.3 is 19.5 Å². The van der Waals surface area contributed by atoms with Gasteiger partial charge in [0.25, 0.3) is 5.91 Å². The summed E-state index contributed by atoms with van der Waals surface area (Å²) in [6, 6.07) is 22.2. The van der Waals surface area contributed by atoms with Gasteiger partial charge in [-0.05, 0) is 42.5 Å². The largest absolute Gasteiger partial charge is 0.497 e. The second-order valence-electron chi connectivity index (χ2n) is 6.83. The monoisotopic (exact) mass is 414 g/mol. The smallest absolute Gasteiger partial charge is 0.256 e. The van der Waals surface area contributed by atoms with Gasteiger partial charge >= 0.3 is 0 Å². The van der Waals surface area contributed by atoms with Gasteiger partial charge in [0.05, 0.1) is 38.1 Å². The molecule has 0 fully saturated rings. The van der Waals surface area contributed by atoms with Crippen molar-refractivity contribution in [1.82, 2.24) is 4.98 Å². The van der Waals surface area contributed by atoms with Gasteiger partial charge in [-0.25, -0.2) is 4.98 Å². The van der Waals surface area contributed by atoms with Gasteiger partial charge in [-0.2, -0.15) is 0 Å². The van der Waals surface area contributed by atoms with Gasteiger partial charge in [-0.3, -0.25) is 4.79 Å². The summed E-state index contributed by atoms with van der Waals surface area (Å²) in [7, 11) is 4.77. The van der Waals surface area contributed by atoms with Crippen LogP contribution in [0.3, 0.4) is 0 Å². The van der Waals surface area contributed by atoms with Crippen LogP contribution in [0.1, 0.15) is 10.4 Å². The van der Waals surface area contributed by atoms with E-state index >= 15 is 0 Å². The Balaban J connectivity index is 1.79. The summed E-state index contributed by atoms with van der Waals surface area (Å²) in [4.78, 5) is 18.0. The number of rotatable bonds is 6. The van der Waals surface area contributed by atoms with Crippen molar-refractivity contribution in [3.8, 4) is 28.5 Å². The van der Waals surface area contributed by atoms with Crippen molar-refractivity contribution in [2.75, 3.05) is 26.6 Å². The maximum atomic E-state index is 13.2. The van der Waals surface area contributed by atoms with Crippen molar-refractivity contribution < 1.29 is 19.0 Å². The number of ether oxygens (including phenoxy) is 3. The molecule has 4 rings (SSSR count). The fourth-order valence-corrected chi connectivity index (χ4v) is 3.41. The summed E-state index contributed by atoms with van der Waals surface area (Å²) in [5, 5.41) is 3.72. The molecule has 0 unspecified atom stereocenters. The average molecular weight is 414 g/mol. The van der Waals surface area contributed by atoms with Crippen LogP contribution in [0.4, 0.5) is 5.69 Å². The number of fused-ring (bicyclic) bond motifs is 1. The molecule has 0 aliphatic carbocycles. The molecule has 0 atom stereocenters. The van der Waals surface area contributed by atoms with E-state index in [1.54, 1.807) is 33.5 Å². The second kappa shape index (κ2) is 8.75. The first-order valence-electron chi connectivity index (χ1n) is 9.70. The lowest BCUT2D eigenvalue weighted by atomic mass is 10.0. The molecule has 1 heterocycles. The highest BCUT2D eigenvalue weighted by molar-refractivity contribution is 6.13. The van der Waals surface area contributed by atoms with Crippen LogP contribution in [0.15, 0.2) is 72.8 Å². The molecule has 0 saturated carbocycles. The lowest BCUT2D eigenvalue weighted by Crippen LogP contribution is -2.13. The van der Waals surface area contributed by atoms with Crippen molar-refractivity contribution in [2.24, 2.45) is 0 Å². The highest BCUT2D eigenvalue weighted by Gasteiger charge is 2.16. The molecule has 0 saturated heterocycles. The number of methoxy groups -OCH3 is 3. The Kier molecular flexibility index (Phi) is 5.71. The topological polar surface area (TPSA) is 69.7 Å². The molecule has 1 amide bonds. The minimum Gasteiger partial charge on any atom is -0.497 e. The zero-order valence-electron chi connectivity index (χ0n) is 17.5. The average Bonchev–Trinajstić information content (AvgIpc) is 2.82. The summed E-state index contributed by atoms with van der Waals surface area (Å²) in [5.74, 6) is 1.66. The highest BCUT2D eigenvalue weighted by atomic mass is 16.5. The Hall–Kier alpha value is -4.06. The number of hydrogen-bond acceptors (Lipinski definition) is 5. The van der Waals surface area contributed by atoms with Gasteiger partial charge in [0.1, 0.15) is 5.75 Å². The lowest BCUT2D eigenvalue weighted by Gasteiger charge is -2.13. The highest BCUT2D eigenvalue weighted by Crippen LogP contribution is 2.33. The van der Waals surface area contributed by atoms with Crippen LogP contribution in [-0.4, -0.2) is 32.2 Å². The molecule has 0 radical (unpaired) electrons. The molecular weight excluding hydrogens is 392 g/mol. The normalized spacial score (nSPS) is 10.5. The van der Waals surface area contributed by atoms with E-state index in [1.165, 1.54) is 0 Å². The number of aromatic nitrogens is 1. The Labute approximate surface area is 180 Å². The van der Waals surface area contributed by atoms with E-state index in [1.807, 2.05) is 60.7 Å². The molecule has 0 spiro atoms. The van der Waals surface area contributed by atoms with Crippen molar-refractivity contribution in [1.29, 1.82) is 0 Å². The predicted molar refractivity (Wildman–Crippen MR) is 121 cm³/mol. The van der Waals surface area contributed by atoms with E-state index in [0.29, 0.717) is 34.2 Å². The molecule has 4 aromatic rings. The number of carbonyl (C=O) groups excluding carboxylic acids is 1. The van der Waals surface area contributed by atoms with Gasteiger partial charge in [-0.15, -0.1) is 0 Å². The molecule has 1 aromatic heterocycles. The molecule has 6 heteroatoms. The third-order valence-electron chi connectivity index (χ3n) is 4.97. The Morgan fingerprint density at radius 3 is 2.39 bits per heavy atom. The quantitative estimate of drug-likeness (QED) is 0.471. The molecule has 6 nitrogen and oxygen atoms in total. The number of amides is 1. The summed E-state index contributed by atoms with van der Waals surface area (Å²) >= 11 is 0. The standard InChI is InChI=1S/C25H22N2O4/c1-29-18-8-6-7-17(14-18)26-25(28)20-15-22(27-21-10-5-4-9-19(20)21)16-11-12-23(30-2)24(13-16)31-3/h4-15H,1-3H3,(H,26,28). The summed E-state index contributed by atoms with van der Waals surface area (Å²) < 4.78 is 16.0. The van der Waals surface area contributed by atoms with Crippen LogP contribution in [0, 0.1) is 0 Å². The Morgan fingerprint density at radius 1 is 0.806 bits per heavy atom. The van der Waals surface area contributed by atoms with Crippen LogP contribution < -0.4 is 19.5 Å². The van der Waals surface area contributed by atoms with E-state index in [9.17, 15) is 4.79 Å². The number of anilines is 1. The Bertz CT molecular complexity index is 1250. The van der Waals surface area contributed by atoms with Crippen LogP contribution >= 0.6 is 0 Å². The lowest BCUT2D eigenvalue weighted by molar-refractivity contribution is 0.102. The molecular formula is C25H22N2O4. The molecule has 156 valence electrons. The zero-order chi connectivity index (χ0) is 21.8. The molecule has 31 heavy (non-hydrogen) atoms. The number of carbonyl (C=O) groups is 1. The SMILES string of the molecule is COc1cccc(NC(=O)c2cc(-c3ccc(OC)c(OC)c3)nc3ccccc23)c1. The third kappa shape index (κ3) is 4.14. The summed E-state index contributed by atoms with van der Waals surface area (Å²) in [5.41, 5.74) is 3.39. The summed E-state index contributed by atoms with van der Waals surface area (Å²) in [6.07, 6.45) is 0. The van der Waals surface area contributed by atoms with Crippen molar-refractivity contribution in [2.45, 2.75) is 0 Å². The van der Waals surface area contributed by atoms with Crippen molar-refractivity contribution in [3.63, 3.8) is 0 Å². The van der Waals surface area contributed by atoms with E-state index in [-0.39, 0.29) is 5.91 Å². The molecule has 0 aliphatic rings. The van der Waals surface area contributed by atoms with Crippen LogP contribution in [0.2, 0.25) is 0 Å². The van der Waals surface area contributed by atoms with E-state index in [2.05, 4.69) is 5.32 Å². The maximum absolute atomic E-state index is 13.2. The molecule has 0 aliphatic heterocycles. The van der Waals surface area contributed by atoms with Crippen LogP contribution in [-0.2, 0) is 0 Å². The molecule has 0 bridgehead atoms. The first kappa shape index (κ1) is 20.2. The van der Waals surface area contributed by atoms with Gasteiger partial charge in [0, 0.05) is 22.7 Å². The molecule has 1 N–H and O–H groups in total. The third-order valence-corrected chi connectivity index (χ3v) is 4.97. The number of hydrogen-bond donors (Lipinski definition) is 1. The van der Waals surface area contributed by atoms with E-state index < -0.39 is 0 Å². The Morgan fingerprint density at radius 2 is 1.61 bits per heavy atom. The van der Waals surface area contributed by atoms with Crippen LogP contribution in [0.25, 0.3) is 22.2 Å². The summed E-state index contributed by atoms with van der Waals surface area (Å²) in [6.45, 7) is 0. The fraction of sp³-hybridized carbons (Fsp3) is 0.120. The maximum Gasteiger partial charge on any atom is 0.256 e. The van der Waals surface area contributed by atoms with Gasteiger partial charge in [-0.1, -0.05) is 24.3 Å². The number of benzene rings is 3. The fourth-order valence-electron chi connectivity index (χ4n) is 3.41. The van der Waals surface area contributed by atoms with Crippen molar-refractivity contribution in [3.05, 3.63) is 78.4 Å². The predicted octanol–water partition coefficient (Wildman–Crippen LogP) is 5.18. The first-order valence-corrected chi connectivity index (χ1v) is 9.70. The number of nitrogens with one attached hydrogen (secondary N) is 1. The minimum absolute atomic E-state index is 0.228. The zero-order valence-corrected chi connectivity index (χ0v) is 17.5.